The van der Waals surface area contributed by atoms with Gasteiger partial charge in [0.25, 0.3) is 5.91 Å². The quantitative estimate of drug-likeness (QED) is 0.692. The number of sulfone groups is 1. The van der Waals surface area contributed by atoms with Crippen molar-refractivity contribution in [3.63, 3.8) is 0 Å². The number of carbonyl (C=O) groups is 1. The van der Waals surface area contributed by atoms with Crippen LogP contribution in [0.25, 0.3) is 0 Å². The first-order valence-corrected chi connectivity index (χ1v) is 6.60. The highest BCUT2D eigenvalue weighted by molar-refractivity contribution is 7.90. The van der Waals surface area contributed by atoms with Gasteiger partial charge in [0.2, 0.25) is 0 Å². The zero-order chi connectivity index (χ0) is 12.3. The van der Waals surface area contributed by atoms with Crippen LogP contribution in [-0.4, -0.2) is 42.7 Å². The van der Waals surface area contributed by atoms with Crippen molar-refractivity contribution >= 4 is 21.6 Å². The Morgan fingerprint density at radius 3 is 2.69 bits per heavy atom. The maximum Gasteiger partial charge on any atom is 0.256 e. The molecule has 0 radical (unpaired) electrons. The lowest BCUT2D eigenvalue weighted by molar-refractivity contribution is 0.0957. The lowest BCUT2D eigenvalue weighted by Gasteiger charge is -2.03. The summed E-state index contributed by atoms with van der Waals surface area (Å²) in [4.78, 5) is 11.5. The summed E-state index contributed by atoms with van der Waals surface area (Å²) < 4.78 is 23.0. The molecule has 0 atom stereocenters. The summed E-state index contributed by atoms with van der Waals surface area (Å²) in [5.74, 6) is -0.273. The second kappa shape index (κ2) is 4.52. The number of aromatic nitrogens is 2. The van der Waals surface area contributed by atoms with E-state index in [1.807, 2.05) is 0 Å². The Kier molecular flexibility index (Phi) is 3.53. The highest BCUT2D eigenvalue weighted by Gasteiger charge is 2.13. The van der Waals surface area contributed by atoms with Crippen molar-refractivity contribution in [1.82, 2.24) is 15.1 Å². The summed E-state index contributed by atoms with van der Waals surface area (Å²) in [6.45, 7) is 0.0615. The number of carbonyl (C=O) groups excluding carboxylic acids is 1. The van der Waals surface area contributed by atoms with Gasteiger partial charge in [0.15, 0.2) is 0 Å². The zero-order valence-electron chi connectivity index (χ0n) is 9.10. The number of nitrogens with zero attached hydrogens (tertiary/aromatic N) is 2. The smallest absolute Gasteiger partial charge is 0.256 e. The van der Waals surface area contributed by atoms with E-state index in [0.29, 0.717) is 0 Å². The molecule has 3 N–H and O–H groups in total. The molecule has 0 spiro atoms. The molecule has 0 saturated carbocycles. The fraction of sp³-hybridized carbons (Fsp3) is 0.500. The van der Waals surface area contributed by atoms with Crippen molar-refractivity contribution in [2.45, 2.75) is 0 Å². The van der Waals surface area contributed by atoms with Crippen LogP contribution in [-0.2, 0) is 16.9 Å². The lowest BCUT2D eigenvalue weighted by Crippen LogP contribution is -2.29. The van der Waals surface area contributed by atoms with Crippen molar-refractivity contribution in [3.8, 4) is 0 Å². The number of aryl methyl sites for hydroxylation is 1. The molecule has 1 rings (SSSR count). The summed E-state index contributed by atoms with van der Waals surface area (Å²) >= 11 is 0. The molecule has 0 unspecified atom stereocenters. The summed E-state index contributed by atoms with van der Waals surface area (Å²) in [7, 11) is -1.46. The first-order chi connectivity index (χ1) is 7.31. The maximum atomic E-state index is 11.5. The van der Waals surface area contributed by atoms with Gasteiger partial charge in [0, 0.05) is 19.8 Å². The third-order valence-corrected chi connectivity index (χ3v) is 2.93. The highest BCUT2D eigenvalue weighted by atomic mass is 32.2. The summed E-state index contributed by atoms with van der Waals surface area (Å²) in [6.07, 6.45) is 2.45. The van der Waals surface area contributed by atoms with E-state index in [-0.39, 0.29) is 23.7 Å². The number of rotatable bonds is 4. The van der Waals surface area contributed by atoms with Crippen LogP contribution in [0, 0.1) is 0 Å². The number of nitrogens with one attached hydrogen (secondary N) is 1. The summed E-state index contributed by atoms with van der Waals surface area (Å²) in [6, 6.07) is 0. The second-order valence-electron chi connectivity index (χ2n) is 3.45. The topological polar surface area (TPSA) is 107 Å². The van der Waals surface area contributed by atoms with Crippen LogP contribution >= 0.6 is 0 Å². The number of hydrogen-bond donors (Lipinski definition) is 2. The Morgan fingerprint density at radius 2 is 2.25 bits per heavy atom. The van der Waals surface area contributed by atoms with Crippen molar-refractivity contribution in [3.05, 3.63) is 11.8 Å². The van der Waals surface area contributed by atoms with Crippen LogP contribution in [0.2, 0.25) is 0 Å². The minimum Gasteiger partial charge on any atom is -0.383 e. The zero-order valence-corrected chi connectivity index (χ0v) is 9.91. The highest BCUT2D eigenvalue weighted by Crippen LogP contribution is 2.08. The van der Waals surface area contributed by atoms with E-state index in [9.17, 15) is 13.2 Å². The number of amides is 1. The summed E-state index contributed by atoms with van der Waals surface area (Å²) in [5.41, 5.74) is 5.83. The van der Waals surface area contributed by atoms with Crippen LogP contribution < -0.4 is 11.1 Å². The van der Waals surface area contributed by atoms with E-state index >= 15 is 0 Å². The Balaban J connectivity index is 2.57. The molecule has 1 aromatic rings. The van der Waals surface area contributed by atoms with Gasteiger partial charge >= 0.3 is 0 Å². The SMILES string of the molecule is Cn1ncc(C(=O)NCCS(C)(=O)=O)c1N. The molecule has 0 aliphatic rings. The van der Waals surface area contributed by atoms with E-state index < -0.39 is 15.7 Å². The van der Waals surface area contributed by atoms with Crippen LogP contribution in [0.5, 0.6) is 0 Å². The van der Waals surface area contributed by atoms with Gasteiger partial charge in [0.05, 0.1) is 11.9 Å². The first kappa shape index (κ1) is 12.5. The standard InChI is InChI=1S/C8H14N4O3S/c1-12-7(9)6(5-11-12)8(13)10-3-4-16(2,14)15/h5H,3-4,9H2,1-2H3,(H,10,13). The fourth-order valence-corrected chi connectivity index (χ4v) is 1.54. The molecule has 1 aromatic heterocycles. The molecule has 1 heterocycles. The molecule has 7 nitrogen and oxygen atoms in total. The second-order valence-corrected chi connectivity index (χ2v) is 5.71. The van der Waals surface area contributed by atoms with Crippen LogP contribution in [0.3, 0.4) is 0 Å². The molecule has 90 valence electrons. The van der Waals surface area contributed by atoms with E-state index in [1.54, 1.807) is 7.05 Å². The van der Waals surface area contributed by atoms with Crippen molar-refractivity contribution < 1.29 is 13.2 Å². The Labute approximate surface area is 93.5 Å². The third kappa shape index (κ3) is 3.23. The van der Waals surface area contributed by atoms with Gasteiger partial charge in [0.1, 0.15) is 21.2 Å². The van der Waals surface area contributed by atoms with Gasteiger partial charge in [-0.05, 0) is 0 Å². The molecule has 0 aliphatic carbocycles. The molecular formula is C8H14N4O3S. The molecule has 0 saturated heterocycles. The molecule has 8 heteroatoms. The van der Waals surface area contributed by atoms with Gasteiger partial charge in [-0.15, -0.1) is 0 Å². The molecule has 0 aliphatic heterocycles. The molecule has 0 bridgehead atoms. The van der Waals surface area contributed by atoms with Crippen molar-refractivity contribution in [2.24, 2.45) is 7.05 Å². The number of nitrogens with two attached hydrogens (primary N) is 1. The van der Waals surface area contributed by atoms with Gasteiger partial charge in [-0.1, -0.05) is 0 Å². The van der Waals surface area contributed by atoms with E-state index in [2.05, 4.69) is 10.4 Å². The van der Waals surface area contributed by atoms with E-state index in [0.717, 1.165) is 6.26 Å². The predicted octanol–water partition coefficient (Wildman–Crippen LogP) is -1.22. The molecule has 0 aromatic carbocycles. The molecule has 0 fully saturated rings. The number of anilines is 1. The van der Waals surface area contributed by atoms with Crippen molar-refractivity contribution in [1.29, 1.82) is 0 Å². The van der Waals surface area contributed by atoms with Crippen LogP contribution in [0.1, 0.15) is 10.4 Å². The average molecular weight is 246 g/mol. The molecule has 1 amide bonds. The lowest BCUT2D eigenvalue weighted by atomic mass is 10.3. The van der Waals surface area contributed by atoms with Gasteiger partial charge < -0.3 is 11.1 Å². The van der Waals surface area contributed by atoms with E-state index in [1.165, 1.54) is 10.9 Å². The molecule has 16 heavy (non-hydrogen) atoms. The third-order valence-electron chi connectivity index (χ3n) is 1.99. The van der Waals surface area contributed by atoms with Crippen molar-refractivity contribution in [2.75, 3.05) is 24.3 Å². The minimum absolute atomic E-state index is 0.0615. The number of hydrogen-bond acceptors (Lipinski definition) is 5. The Morgan fingerprint density at radius 1 is 1.62 bits per heavy atom. The Hall–Kier alpha value is -1.57. The number of nitrogen functional groups attached to an aromatic ring is 1. The largest absolute Gasteiger partial charge is 0.383 e. The average Bonchev–Trinajstić information content (AvgIpc) is 2.45. The van der Waals surface area contributed by atoms with Gasteiger partial charge in [-0.25, -0.2) is 8.42 Å². The van der Waals surface area contributed by atoms with Gasteiger partial charge in [-0.3, -0.25) is 9.48 Å². The predicted molar refractivity (Wildman–Crippen MR) is 59.7 cm³/mol. The summed E-state index contributed by atoms with van der Waals surface area (Å²) in [5, 5.41) is 6.26. The normalized spacial score (nSPS) is 11.4. The van der Waals surface area contributed by atoms with Crippen LogP contribution in [0.4, 0.5) is 5.82 Å². The monoisotopic (exact) mass is 246 g/mol. The fourth-order valence-electron chi connectivity index (χ4n) is 1.07. The first-order valence-electron chi connectivity index (χ1n) is 4.54. The maximum absolute atomic E-state index is 11.5. The van der Waals surface area contributed by atoms with Crippen LogP contribution in [0.15, 0.2) is 6.20 Å². The van der Waals surface area contributed by atoms with Gasteiger partial charge in [-0.2, -0.15) is 5.10 Å². The van der Waals surface area contributed by atoms with E-state index in [4.69, 9.17) is 5.73 Å². The molecular weight excluding hydrogens is 232 g/mol. The Bertz CT molecular complexity index is 491. The minimum atomic E-state index is -3.07.